The van der Waals surface area contributed by atoms with Crippen molar-refractivity contribution in [3.63, 3.8) is 0 Å². The van der Waals surface area contributed by atoms with Crippen LogP contribution >= 0.6 is 0 Å². The number of rotatable bonds is 8. The van der Waals surface area contributed by atoms with Gasteiger partial charge in [-0.1, -0.05) is 30.7 Å². The molecule has 1 unspecified atom stereocenters. The summed E-state index contributed by atoms with van der Waals surface area (Å²) in [6.45, 7) is 9.49. The number of carbonyl (C=O) groups excluding carboxylic acids is 1. The minimum Gasteiger partial charge on any atom is -0.460 e. The summed E-state index contributed by atoms with van der Waals surface area (Å²) in [5.41, 5.74) is 1.03. The molecule has 0 aliphatic heterocycles. The van der Waals surface area contributed by atoms with Crippen LogP contribution in [0.25, 0.3) is 0 Å². The van der Waals surface area contributed by atoms with Crippen LogP contribution in [0, 0.1) is 35.5 Å². The van der Waals surface area contributed by atoms with E-state index in [1.807, 2.05) is 46.8 Å². The lowest BCUT2D eigenvalue weighted by molar-refractivity contribution is -0.154. The van der Waals surface area contributed by atoms with Crippen LogP contribution in [0.4, 0.5) is 0 Å². The van der Waals surface area contributed by atoms with E-state index in [4.69, 9.17) is 4.74 Å². The van der Waals surface area contributed by atoms with Crippen LogP contribution in [0.1, 0.15) is 79.6 Å². The van der Waals surface area contributed by atoms with E-state index in [1.54, 1.807) is 0 Å². The molecule has 0 spiro atoms. The topological polar surface area (TPSA) is 66.8 Å². The van der Waals surface area contributed by atoms with Crippen LogP contribution in [0.3, 0.4) is 0 Å². The van der Waals surface area contributed by atoms with E-state index in [0.29, 0.717) is 24.7 Å². The Morgan fingerprint density at radius 3 is 2.73 bits per heavy atom. The summed E-state index contributed by atoms with van der Waals surface area (Å²) in [6.07, 6.45) is 11.1. The molecule has 2 aliphatic rings. The summed E-state index contributed by atoms with van der Waals surface area (Å²) in [6, 6.07) is 0. The lowest BCUT2D eigenvalue weighted by Gasteiger charge is -2.19. The van der Waals surface area contributed by atoms with Crippen molar-refractivity contribution in [1.82, 2.24) is 0 Å². The van der Waals surface area contributed by atoms with Gasteiger partial charge in [0, 0.05) is 18.8 Å². The van der Waals surface area contributed by atoms with E-state index in [-0.39, 0.29) is 23.9 Å². The Balaban J connectivity index is 1.83. The van der Waals surface area contributed by atoms with Gasteiger partial charge in [-0.15, -0.1) is 11.8 Å². The van der Waals surface area contributed by atoms with Crippen molar-refractivity contribution in [2.75, 3.05) is 0 Å². The third-order valence-electron chi connectivity index (χ3n) is 6.26. The number of fused-ring (bicyclic) bond motifs is 1. The fourth-order valence-corrected chi connectivity index (χ4v) is 4.70. The first-order valence-corrected chi connectivity index (χ1v) is 11.4. The number of hydrogen-bond acceptors (Lipinski definition) is 4. The number of ether oxygens (including phenoxy) is 1. The third kappa shape index (κ3) is 7.60. The van der Waals surface area contributed by atoms with Crippen molar-refractivity contribution < 1.29 is 19.7 Å². The summed E-state index contributed by atoms with van der Waals surface area (Å²) in [7, 11) is 0. The van der Waals surface area contributed by atoms with E-state index >= 15 is 0 Å². The van der Waals surface area contributed by atoms with Gasteiger partial charge in [-0.25, -0.2) is 0 Å². The average Bonchev–Trinajstić information content (AvgIpc) is 3.16. The highest BCUT2D eigenvalue weighted by Gasteiger charge is 2.44. The van der Waals surface area contributed by atoms with E-state index in [0.717, 1.165) is 32.1 Å². The van der Waals surface area contributed by atoms with Gasteiger partial charge >= 0.3 is 5.97 Å². The molecule has 0 amide bonds. The highest BCUT2D eigenvalue weighted by Crippen LogP contribution is 2.50. The fourth-order valence-electron chi connectivity index (χ4n) is 4.70. The molecule has 0 aromatic carbocycles. The largest absolute Gasteiger partial charge is 0.460 e. The van der Waals surface area contributed by atoms with Crippen LogP contribution in [0.5, 0.6) is 0 Å². The highest BCUT2D eigenvalue weighted by atomic mass is 16.6. The second-order valence-electron chi connectivity index (χ2n) is 10.0. The van der Waals surface area contributed by atoms with Gasteiger partial charge in [0.1, 0.15) is 5.60 Å². The molecule has 0 saturated heterocycles. The molecule has 0 heterocycles. The highest BCUT2D eigenvalue weighted by molar-refractivity contribution is 5.69. The lowest BCUT2D eigenvalue weighted by Crippen LogP contribution is -2.23. The van der Waals surface area contributed by atoms with Crippen LogP contribution in [0.2, 0.25) is 0 Å². The Morgan fingerprint density at radius 2 is 2.07 bits per heavy atom. The first-order chi connectivity index (χ1) is 14.1. The van der Waals surface area contributed by atoms with Gasteiger partial charge in [0.25, 0.3) is 0 Å². The Kier molecular flexibility index (Phi) is 9.19. The maximum Gasteiger partial charge on any atom is 0.306 e. The number of esters is 1. The molecule has 2 rings (SSSR count). The predicted molar refractivity (Wildman–Crippen MR) is 120 cm³/mol. The molecule has 2 fully saturated rings. The quantitative estimate of drug-likeness (QED) is 0.258. The Morgan fingerprint density at radius 1 is 1.33 bits per heavy atom. The van der Waals surface area contributed by atoms with Crippen molar-refractivity contribution in [1.29, 1.82) is 0 Å². The van der Waals surface area contributed by atoms with Gasteiger partial charge in [-0.05, 0) is 77.6 Å². The van der Waals surface area contributed by atoms with E-state index in [1.165, 1.54) is 5.57 Å². The van der Waals surface area contributed by atoms with Crippen LogP contribution in [-0.2, 0) is 9.53 Å². The number of allylic oxidation sites excluding steroid dienone is 2. The molecular formula is C26H40O4. The van der Waals surface area contributed by atoms with Crippen molar-refractivity contribution in [3.8, 4) is 11.8 Å². The fraction of sp³-hybridized carbons (Fsp3) is 0.731. The number of hydrogen-bond donors (Lipinski definition) is 2. The number of aliphatic hydroxyl groups is 2. The van der Waals surface area contributed by atoms with Gasteiger partial charge in [0.15, 0.2) is 0 Å². The summed E-state index contributed by atoms with van der Waals surface area (Å²) in [5, 5.41) is 20.9. The maximum atomic E-state index is 11.8. The molecule has 0 aromatic heterocycles. The zero-order chi connectivity index (χ0) is 22.3. The number of unbranched alkanes of at least 4 members (excludes halogenated alkanes) is 1. The van der Waals surface area contributed by atoms with Gasteiger partial charge in [-0.2, -0.15) is 0 Å². The van der Waals surface area contributed by atoms with E-state index in [9.17, 15) is 15.0 Å². The van der Waals surface area contributed by atoms with Gasteiger partial charge in [0.05, 0.1) is 12.2 Å². The van der Waals surface area contributed by atoms with Crippen LogP contribution < -0.4 is 0 Å². The minimum absolute atomic E-state index is 0.0899. The first-order valence-electron chi connectivity index (χ1n) is 11.4. The molecule has 30 heavy (non-hydrogen) atoms. The number of aliphatic hydroxyl groups excluding tert-OH is 2. The molecule has 0 aromatic rings. The minimum atomic E-state index is -0.527. The smallest absolute Gasteiger partial charge is 0.306 e. The first kappa shape index (κ1) is 24.7. The third-order valence-corrected chi connectivity index (χ3v) is 6.26. The van der Waals surface area contributed by atoms with Gasteiger partial charge in [0.2, 0.25) is 0 Å². The molecule has 4 heteroatoms. The summed E-state index contributed by atoms with van der Waals surface area (Å²) >= 11 is 0. The molecule has 6 atom stereocenters. The molecule has 2 aliphatic carbocycles. The molecular weight excluding hydrogens is 376 g/mol. The second kappa shape index (κ2) is 11.2. The van der Waals surface area contributed by atoms with Gasteiger partial charge < -0.3 is 14.9 Å². The lowest BCUT2D eigenvalue weighted by atomic mass is 9.89. The van der Waals surface area contributed by atoms with E-state index < -0.39 is 11.7 Å². The van der Waals surface area contributed by atoms with Crippen LogP contribution in [0.15, 0.2) is 23.8 Å². The van der Waals surface area contributed by atoms with Crippen molar-refractivity contribution in [2.24, 2.45) is 23.7 Å². The van der Waals surface area contributed by atoms with Crippen LogP contribution in [-0.4, -0.2) is 34.0 Å². The number of carbonyl (C=O) groups is 1. The van der Waals surface area contributed by atoms with E-state index in [2.05, 4.69) is 17.9 Å². The van der Waals surface area contributed by atoms with Crippen molar-refractivity contribution in [2.45, 2.75) is 97.4 Å². The standard InChI is InChI=1S/C26H40O4/c1-6-7-10-18(2)23(27)14-13-21-22-16-19(15-20(22)17-24(21)28)11-8-9-12-25(29)30-26(3,4)5/h11,13-14,18,20-24,27-28H,8-10,12,15-17H2,1-5H3/b14-13+,19-11+/t18?,20-,21+,22-,23+,24+/m0/s1. The Hall–Kier alpha value is -1.57. The molecule has 168 valence electrons. The zero-order valence-electron chi connectivity index (χ0n) is 19.4. The molecule has 4 nitrogen and oxygen atoms in total. The normalized spacial score (nSPS) is 29.5. The zero-order valence-corrected chi connectivity index (χ0v) is 19.4. The summed E-state index contributed by atoms with van der Waals surface area (Å²) < 4.78 is 5.36. The Labute approximate surface area is 182 Å². The summed E-state index contributed by atoms with van der Waals surface area (Å²) in [5.74, 6) is 6.94. The monoisotopic (exact) mass is 416 g/mol. The molecule has 0 bridgehead atoms. The molecule has 2 saturated carbocycles. The maximum absolute atomic E-state index is 11.8. The Bertz CT molecular complexity index is 688. The van der Waals surface area contributed by atoms with Gasteiger partial charge in [-0.3, -0.25) is 4.79 Å². The second-order valence-corrected chi connectivity index (χ2v) is 10.0. The molecule has 2 N–H and O–H groups in total. The predicted octanol–water partition coefficient (Wildman–Crippen LogP) is 4.80. The van der Waals surface area contributed by atoms with Crippen molar-refractivity contribution >= 4 is 5.97 Å². The van der Waals surface area contributed by atoms with Crippen molar-refractivity contribution in [3.05, 3.63) is 23.8 Å². The average molecular weight is 417 g/mol. The summed E-state index contributed by atoms with van der Waals surface area (Å²) in [4.78, 5) is 11.8. The SMILES string of the molecule is CC#CCC(C)[C@H](O)/C=C/[C@@H]1[C@H]2C/C(=C/CCCC(=O)OC(C)(C)C)C[C@H]2C[C@H]1O. The molecule has 0 radical (unpaired) electrons.